The molecule has 1 aliphatic carbocycles. The van der Waals surface area contributed by atoms with Crippen molar-refractivity contribution >= 4 is 33.1 Å². The highest BCUT2D eigenvalue weighted by Crippen LogP contribution is 2.37. The van der Waals surface area contributed by atoms with E-state index in [1.807, 2.05) is 0 Å². The van der Waals surface area contributed by atoms with Gasteiger partial charge in [-0.25, -0.2) is 0 Å². The first kappa shape index (κ1) is 18.3. The minimum absolute atomic E-state index is 0.0403. The first-order valence-electron chi connectivity index (χ1n) is 9.07. The van der Waals surface area contributed by atoms with E-state index < -0.39 is 5.91 Å². The zero-order chi connectivity index (χ0) is 19.8. The Hall–Kier alpha value is -3.11. The van der Waals surface area contributed by atoms with Crippen LogP contribution in [-0.2, 0) is 19.9 Å². The summed E-state index contributed by atoms with van der Waals surface area (Å²) in [5, 5.41) is 13.3. The SMILES string of the molecule is COc1cccc2c(=O)c(C(=O)Nc3sc4c(c3C#N)CCCC4)cn(C)c12. The van der Waals surface area contributed by atoms with E-state index in [0.29, 0.717) is 27.2 Å². The second-order valence-corrected chi connectivity index (χ2v) is 7.93. The summed E-state index contributed by atoms with van der Waals surface area (Å²) in [6.07, 6.45) is 5.46. The molecule has 0 bridgehead atoms. The topological polar surface area (TPSA) is 84.1 Å². The molecule has 4 rings (SSSR count). The van der Waals surface area contributed by atoms with Gasteiger partial charge in [0.05, 0.1) is 23.6 Å². The quantitative estimate of drug-likeness (QED) is 0.737. The normalized spacial score (nSPS) is 13.0. The number of anilines is 1. The number of nitriles is 1. The van der Waals surface area contributed by atoms with Crippen molar-refractivity contribution in [3.8, 4) is 11.8 Å². The molecule has 6 nitrogen and oxygen atoms in total. The zero-order valence-electron chi connectivity index (χ0n) is 15.7. The number of nitrogens with zero attached hydrogens (tertiary/aromatic N) is 2. The van der Waals surface area contributed by atoms with Gasteiger partial charge in [-0.2, -0.15) is 5.26 Å². The number of thiophene rings is 1. The van der Waals surface area contributed by atoms with Gasteiger partial charge in [0.15, 0.2) is 0 Å². The first-order valence-corrected chi connectivity index (χ1v) is 9.89. The summed E-state index contributed by atoms with van der Waals surface area (Å²) in [4.78, 5) is 27.0. The molecule has 0 saturated carbocycles. The number of nitrogens with one attached hydrogen (secondary N) is 1. The molecule has 1 N–H and O–H groups in total. The number of para-hydroxylation sites is 1. The lowest BCUT2D eigenvalue weighted by Crippen LogP contribution is -2.23. The fourth-order valence-electron chi connectivity index (χ4n) is 3.80. The van der Waals surface area contributed by atoms with Crippen molar-refractivity contribution in [1.29, 1.82) is 5.26 Å². The predicted molar refractivity (Wildman–Crippen MR) is 109 cm³/mol. The second-order valence-electron chi connectivity index (χ2n) is 6.82. The number of aromatic nitrogens is 1. The molecule has 1 aliphatic rings. The zero-order valence-corrected chi connectivity index (χ0v) is 16.5. The monoisotopic (exact) mass is 393 g/mol. The number of methoxy groups -OCH3 is 1. The third kappa shape index (κ3) is 2.86. The maximum Gasteiger partial charge on any atom is 0.261 e. The van der Waals surface area contributed by atoms with E-state index in [1.54, 1.807) is 36.9 Å². The Balaban J connectivity index is 1.77. The smallest absolute Gasteiger partial charge is 0.261 e. The van der Waals surface area contributed by atoms with Gasteiger partial charge < -0.3 is 14.6 Å². The van der Waals surface area contributed by atoms with Crippen LogP contribution in [0, 0.1) is 11.3 Å². The van der Waals surface area contributed by atoms with E-state index >= 15 is 0 Å². The van der Waals surface area contributed by atoms with Crippen molar-refractivity contribution in [3.05, 3.63) is 56.2 Å². The van der Waals surface area contributed by atoms with E-state index in [0.717, 1.165) is 36.1 Å². The summed E-state index contributed by atoms with van der Waals surface area (Å²) < 4.78 is 7.06. The van der Waals surface area contributed by atoms with Gasteiger partial charge in [0.1, 0.15) is 22.4 Å². The van der Waals surface area contributed by atoms with E-state index in [9.17, 15) is 14.9 Å². The van der Waals surface area contributed by atoms with Crippen molar-refractivity contribution in [3.63, 3.8) is 0 Å². The molecule has 0 atom stereocenters. The van der Waals surface area contributed by atoms with Crippen LogP contribution < -0.4 is 15.5 Å². The number of hydrogen-bond donors (Lipinski definition) is 1. The van der Waals surface area contributed by atoms with Crippen molar-refractivity contribution < 1.29 is 9.53 Å². The van der Waals surface area contributed by atoms with Crippen LogP contribution in [0.4, 0.5) is 5.00 Å². The summed E-state index contributed by atoms with van der Waals surface area (Å²) in [5.74, 6) is 0.0715. The Kier molecular flexibility index (Phi) is 4.65. The minimum atomic E-state index is -0.500. The van der Waals surface area contributed by atoms with Gasteiger partial charge in [-0.1, -0.05) is 6.07 Å². The molecular formula is C21H19N3O3S. The number of pyridine rings is 1. The molecule has 0 fully saturated rings. The van der Waals surface area contributed by atoms with Gasteiger partial charge in [-0.15, -0.1) is 11.3 Å². The number of ether oxygens (including phenoxy) is 1. The van der Waals surface area contributed by atoms with E-state index in [2.05, 4.69) is 11.4 Å². The predicted octanol–water partition coefficient (Wildman–Crippen LogP) is 3.61. The van der Waals surface area contributed by atoms with Crippen LogP contribution in [0.2, 0.25) is 0 Å². The van der Waals surface area contributed by atoms with E-state index in [1.165, 1.54) is 17.5 Å². The van der Waals surface area contributed by atoms with Gasteiger partial charge in [-0.3, -0.25) is 9.59 Å². The summed E-state index contributed by atoms with van der Waals surface area (Å²) in [6.45, 7) is 0. The van der Waals surface area contributed by atoms with Crippen molar-refractivity contribution in [2.45, 2.75) is 25.7 Å². The number of hydrogen-bond acceptors (Lipinski definition) is 5. The van der Waals surface area contributed by atoms with Gasteiger partial charge in [0.2, 0.25) is 5.43 Å². The van der Waals surface area contributed by atoms with E-state index in [-0.39, 0.29) is 11.0 Å². The highest BCUT2D eigenvalue weighted by atomic mass is 32.1. The Morgan fingerprint density at radius 1 is 1.32 bits per heavy atom. The van der Waals surface area contributed by atoms with Crippen LogP contribution in [0.25, 0.3) is 10.9 Å². The Labute approximate surface area is 166 Å². The highest BCUT2D eigenvalue weighted by Gasteiger charge is 2.23. The van der Waals surface area contributed by atoms with Crippen LogP contribution in [0.3, 0.4) is 0 Å². The molecule has 7 heteroatoms. The van der Waals surface area contributed by atoms with Crippen LogP contribution in [0.5, 0.6) is 5.75 Å². The standard InChI is InChI=1S/C21H19N3O3S/c1-24-11-15(19(25)13-7-5-8-16(27-2)18(13)24)20(26)23-21-14(10-22)12-6-3-4-9-17(12)28-21/h5,7-8,11H,3-4,6,9H2,1-2H3,(H,23,26). The van der Waals surface area contributed by atoms with Crippen molar-refractivity contribution in [1.82, 2.24) is 4.57 Å². The molecule has 0 aliphatic heterocycles. The number of rotatable bonds is 3. The van der Waals surface area contributed by atoms with Gasteiger partial charge in [0.25, 0.3) is 5.91 Å². The molecule has 1 aromatic carbocycles. The molecule has 142 valence electrons. The summed E-state index contributed by atoms with van der Waals surface area (Å²) >= 11 is 1.45. The van der Waals surface area contributed by atoms with Gasteiger partial charge in [0, 0.05) is 18.1 Å². The van der Waals surface area contributed by atoms with Crippen LogP contribution in [0.1, 0.15) is 39.2 Å². The number of amides is 1. The molecule has 0 spiro atoms. The maximum absolute atomic E-state index is 12.9. The summed E-state index contributed by atoms with van der Waals surface area (Å²) in [5.41, 5.74) is 1.90. The van der Waals surface area contributed by atoms with Gasteiger partial charge >= 0.3 is 0 Å². The van der Waals surface area contributed by atoms with Crippen LogP contribution in [0.15, 0.2) is 29.2 Å². The summed E-state index contributed by atoms with van der Waals surface area (Å²) in [6, 6.07) is 7.41. The Morgan fingerprint density at radius 2 is 2.11 bits per heavy atom. The minimum Gasteiger partial charge on any atom is -0.495 e. The molecule has 2 heterocycles. The Bertz CT molecular complexity index is 1200. The Morgan fingerprint density at radius 3 is 2.86 bits per heavy atom. The first-order chi connectivity index (χ1) is 13.5. The maximum atomic E-state index is 12.9. The number of carbonyl (C=O) groups is 1. The van der Waals surface area contributed by atoms with Gasteiger partial charge in [-0.05, 0) is 43.4 Å². The number of aryl methyl sites for hydroxylation is 2. The highest BCUT2D eigenvalue weighted by molar-refractivity contribution is 7.16. The van der Waals surface area contributed by atoms with Crippen molar-refractivity contribution in [2.24, 2.45) is 7.05 Å². The summed E-state index contributed by atoms with van der Waals surface area (Å²) in [7, 11) is 3.31. The molecule has 2 aromatic heterocycles. The average molecular weight is 393 g/mol. The average Bonchev–Trinajstić information content (AvgIpc) is 3.06. The third-order valence-corrected chi connectivity index (χ3v) is 6.35. The molecule has 0 saturated heterocycles. The molecule has 28 heavy (non-hydrogen) atoms. The number of fused-ring (bicyclic) bond motifs is 2. The fourth-order valence-corrected chi connectivity index (χ4v) is 5.04. The van der Waals surface area contributed by atoms with Crippen molar-refractivity contribution in [2.75, 3.05) is 12.4 Å². The lowest BCUT2D eigenvalue weighted by molar-refractivity contribution is 0.102. The molecule has 0 unspecified atom stereocenters. The van der Waals surface area contributed by atoms with Crippen LogP contribution >= 0.6 is 11.3 Å². The molecular weight excluding hydrogens is 374 g/mol. The fraction of sp³-hybridized carbons (Fsp3) is 0.286. The molecule has 1 amide bonds. The van der Waals surface area contributed by atoms with E-state index in [4.69, 9.17) is 4.74 Å². The lowest BCUT2D eigenvalue weighted by Gasteiger charge is -2.12. The molecule has 0 radical (unpaired) electrons. The number of benzene rings is 1. The second kappa shape index (κ2) is 7.13. The molecule has 3 aromatic rings. The number of carbonyl (C=O) groups excluding carboxylic acids is 1. The van der Waals surface area contributed by atoms with Crippen LogP contribution in [-0.4, -0.2) is 17.6 Å². The third-order valence-electron chi connectivity index (χ3n) is 5.14. The lowest BCUT2D eigenvalue weighted by atomic mass is 9.96. The largest absolute Gasteiger partial charge is 0.495 e.